The quantitative estimate of drug-likeness (QED) is 0.339. The normalized spacial score (nSPS) is 11.2. The lowest BCUT2D eigenvalue weighted by molar-refractivity contribution is -0.117. The number of amides is 1. The number of rotatable bonds is 5. The highest BCUT2D eigenvalue weighted by Crippen LogP contribution is 2.25. The first-order valence-corrected chi connectivity index (χ1v) is 7.07. The molecular weight excluding hydrogens is 306 g/mol. The fraction of sp³-hybridized carbons (Fsp3) is 0.0556. The molecule has 0 bridgehead atoms. The zero-order chi connectivity index (χ0) is 17.4. The van der Waals surface area contributed by atoms with Gasteiger partial charge in [0.25, 0.3) is 5.91 Å². The maximum absolute atomic E-state index is 12.0. The van der Waals surface area contributed by atoms with Crippen LogP contribution >= 0.6 is 0 Å². The molecule has 2 rings (SSSR count). The summed E-state index contributed by atoms with van der Waals surface area (Å²) in [5, 5.41) is 30.4. The van der Waals surface area contributed by atoms with E-state index < -0.39 is 5.91 Å². The van der Waals surface area contributed by atoms with Crippen molar-refractivity contribution in [1.29, 1.82) is 5.26 Å². The van der Waals surface area contributed by atoms with Gasteiger partial charge in [0.2, 0.25) is 0 Å². The van der Waals surface area contributed by atoms with Gasteiger partial charge < -0.3 is 15.5 Å². The SMILES string of the molecule is N#C/C(=C\C=C\c1ccc(O)c(O)c1)C(=O)NCc1ccncc1. The van der Waals surface area contributed by atoms with Crippen LogP contribution in [0.4, 0.5) is 0 Å². The number of carbonyl (C=O) groups is 1. The molecule has 6 heteroatoms. The van der Waals surface area contributed by atoms with E-state index in [9.17, 15) is 15.0 Å². The van der Waals surface area contributed by atoms with Crippen LogP contribution in [0, 0.1) is 11.3 Å². The van der Waals surface area contributed by atoms with Crippen molar-refractivity contribution in [3.05, 3.63) is 71.6 Å². The zero-order valence-electron chi connectivity index (χ0n) is 12.7. The van der Waals surface area contributed by atoms with Crippen molar-refractivity contribution in [3.8, 4) is 17.6 Å². The van der Waals surface area contributed by atoms with Crippen LogP contribution in [0.2, 0.25) is 0 Å². The van der Waals surface area contributed by atoms with E-state index in [4.69, 9.17) is 5.26 Å². The number of phenolic OH excluding ortho intramolecular Hbond substituents is 2. The number of aromatic nitrogens is 1. The number of pyridine rings is 1. The zero-order valence-corrected chi connectivity index (χ0v) is 12.7. The van der Waals surface area contributed by atoms with Crippen molar-refractivity contribution in [3.63, 3.8) is 0 Å². The molecule has 3 N–H and O–H groups in total. The predicted octanol–water partition coefficient (Wildman–Crippen LogP) is 2.27. The third-order valence-electron chi connectivity index (χ3n) is 3.12. The number of hydrogen-bond donors (Lipinski definition) is 3. The highest BCUT2D eigenvalue weighted by molar-refractivity contribution is 5.97. The molecule has 1 heterocycles. The molecule has 0 saturated heterocycles. The Kier molecular flexibility index (Phi) is 5.70. The molecule has 0 spiro atoms. The Labute approximate surface area is 139 Å². The summed E-state index contributed by atoms with van der Waals surface area (Å²) in [5.74, 6) is -0.930. The summed E-state index contributed by atoms with van der Waals surface area (Å²) in [7, 11) is 0. The van der Waals surface area contributed by atoms with Gasteiger partial charge in [-0.3, -0.25) is 9.78 Å². The molecule has 0 saturated carbocycles. The van der Waals surface area contributed by atoms with Crippen LogP contribution < -0.4 is 5.32 Å². The minimum atomic E-state index is -0.479. The van der Waals surface area contributed by atoms with Gasteiger partial charge in [-0.15, -0.1) is 0 Å². The van der Waals surface area contributed by atoms with Crippen molar-refractivity contribution in [2.45, 2.75) is 6.54 Å². The molecule has 6 nitrogen and oxygen atoms in total. The Morgan fingerprint density at radius 1 is 1.21 bits per heavy atom. The molecule has 0 aliphatic carbocycles. The Hall–Kier alpha value is -3.59. The predicted molar refractivity (Wildman–Crippen MR) is 88.6 cm³/mol. The van der Waals surface area contributed by atoms with Crippen molar-refractivity contribution < 1.29 is 15.0 Å². The van der Waals surface area contributed by atoms with Gasteiger partial charge in [-0.2, -0.15) is 5.26 Å². The van der Waals surface area contributed by atoms with Gasteiger partial charge in [0.15, 0.2) is 11.5 Å². The largest absolute Gasteiger partial charge is 0.504 e. The number of nitrogens with zero attached hydrogens (tertiary/aromatic N) is 2. The molecule has 0 unspecified atom stereocenters. The Morgan fingerprint density at radius 3 is 2.62 bits per heavy atom. The third-order valence-corrected chi connectivity index (χ3v) is 3.12. The Morgan fingerprint density at radius 2 is 1.96 bits per heavy atom. The maximum Gasteiger partial charge on any atom is 0.262 e. The maximum atomic E-state index is 12.0. The van der Waals surface area contributed by atoms with Crippen LogP contribution in [0.1, 0.15) is 11.1 Å². The molecule has 0 aliphatic rings. The van der Waals surface area contributed by atoms with E-state index >= 15 is 0 Å². The lowest BCUT2D eigenvalue weighted by Crippen LogP contribution is -2.23. The van der Waals surface area contributed by atoms with Crippen LogP contribution in [-0.4, -0.2) is 21.1 Å². The first-order valence-electron chi connectivity index (χ1n) is 7.07. The Balaban J connectivity index is 2.00. The van der Waals surface area contributed by atoms with Crippen LogP contribution in [-0.2, 0) is 11.3 Å². The van der Waals surface area contributed by atoms with E-state index in [1.165, 1.54) is 24.3 Å². The summed E-state index contributed by atoms with van der Waals surface area (Å²) in [6, 6.07) is 9.70. The van der Waals surface area contributed by atoms with Crippen molar-refractivity contribution >= 4 is 12.0 Å². The van der Waals surface area contributed by atoms with E-state index in [1.807, 2.05) is 6.07 Å². The standard InChI is InChI=1S/C18H15N3O3/c19-11-15(18(24)21-12-14-6-8-20-9-7-14)3-1-2-13-4-5-16(22)17(23)10-13/h1-10,22-23H,12H2,(H,21,24)/b2-1+,15-3+. The van der Waals surface area contributed by atoms with E-state index in [1.54, 1.807) is 36.7 Å². The van der Waals surface area contributed by atoms with E-state index in [-0.39, 0.29) is 17.1 Å². The highest BCUT2D eigenvalue weighted by Gasteiger charge is 2.07. The molecule has 0 fully saturated rings. The van der Waals surface area contributed by atoms with Gasteiger partial charge in [0, 0.05) is 18.9 Å². The fourth-order valence-electron chi connectivity index (χ4n) is 1.84. The van der Waals surface area contributed by atoms with Gasteiger partial charge >= 0.3 is 0 Å². The molecule has 2 aromatic rings. The minimum Gasteiger partial charge on any atom is -0.504 e. The summed E-state index contributed by atoms with van der Waals surface area (Å²) in [6.07, 6.45) is 7.76. The molecule has 0 aliphatic heterocycles. The summed E-state index contributed by atoms with van der Waals surface area (Å²) in [5.41, 5.74) is 1.46. The second-order valence-electron chi connectivity index (χ2n) is 4.84. The average molecular weight is 321 g/mol. The van der Waals surface area contributed by atoms with Crippen LogP contribution in [0.5, 0.6) is 11.5 Å². The van der Waals surface area contributed by atoms with Crippen LogP contribution in [0.3, 0.4) is 0 Å². The molecule has 0 atom stereocenters. The Bertz CT molecular complexity index is 821. The van der Waals surface area contributed by atoms with Crippen molar-refractivity contribution in [2.24, 2.45) is 0 Å². The second kappa shape index (κ2) is 8.15. The molecule has 1 aromatic heterocycles. The monoisotopic (exact) mass is 321 g/mol. The fourth-order valence-corrected chi connectivity index (χ4v) is 1.84. The lowest BCUT2D eigenvalue weighted by Gasteiger charge is -2.03. The molecule has 1 aromatic carbocycles. The first kappa shape index (κ1) is 16.8. The van der Waals surface area contributed by atoms with Crippen LogP contribution in [0.15, 0.2) is 60.5 Å². The number of hydrogen-bond acceptors (Lipinski definition) is 5. The van der Waals surface area contributed by atoms with E-state index in [0.29, 0.717) is 12.1 Å². The highest BCUT2D eigenvalue weighted by atomic mass is 16.3. The van der Waals surface area contributed by atoms with Crippen molar-refractivity contribution in [1.82, 2.24) is 10.3 Å². The first-order chi connectivity index (χ1) is 11.6. The summed E-state index contributed by atoms with van der Waals surface area (Å²) in [4.78, 5) is 15.8. The van der Waals surface area contributed by atoms with Gasteiger partial charge in [0.1, 0.15) is 11.6 Å². The summed E-state index contributed by atoms with van der Waals surface area (Å²) in [6.45, 7) is 0.302. The number of allylic oxidation sites excluding steroid dienone is 2. The lowest BCUT2D eigenvalue weighted by atomic mass is 10.1. The second-order valence-corrected chi connectivity index (χ2v) is 4.84. The number of aromatic hydroxyl groups is 2. The van der Waals surface area contributed by atoms with E-state index in [2.05, 4.69) is 10.3 Å². The topological polar surface area (TPSA) is 106 Å². The van der Waals surface area contributed by atoms with Gasteiger partial charge in [-0.05, 0) is 41.5 Å². The van der Waals surface area contributed by atoms with Gasteiger partial charge in [-0.1, -0.05) is 18.2 Å². The average Bonchev–Trinajstić information content (AvgIpc) is 2.60. The third kappa shape index (κ3) is 4.71. The number of nitrogens with one attached hydrogen (secondary N) is 1. The molecular formula is C18H15N3O3. The molecule has 0 radical (unpaired) electrons. The molecule has 24 heavy (non-hydrogen) atoms. The number of phenols is 2. The van der Waals surface area contributed by atoms with Gasteiger partial charge in [0.05, 0.1) is 0 Å². The van der Waals surface area contributed by atoms with Gasteiger partial charge in [-0.25, -0.2) is 0 Å². The number of benzene rings is 1. The van der Waals surface area contributed by atoms with Crippen molar-refractivity contribution in [2.75, 3.05) is 0 Å². The van der Waals surface area contributed by atoms with E-state index in [0.717, 1.165) is 5.56 Å². The number of carbonyl (C=O) groups excluding carboxylic acids is 1. The number of nitriles is 1. The van der Waals surface area contributed by atoms with Crippen LogP contribution in [0.25, 0.3) is 6.08 Å². The smallest absolute Gasteiger partial charge is 0.262 e. The molecule has 1 amide bonds. The summed E-state index contributed by atoms with van der Waals surface area (Å²) >= 11 is 0. The minimum absolute atomic E-state index is 0.0386. The molecule has 120 valence electrons. The summed E-state index contributed by atoms with van der Waals surface area (Å²) < 4.78 is 0.